The van der Waals surface area contributed by atoms with Gasteiger partial charge in [-0.05, 0) is 63.4 Å². The number of aryl methyl sites for hydroxylation is 3. The predicted octanol–water partition coefficient (Wildman–Crippen LogP) is 6.21. The summed E-state index contributed by atoms with van der Waals surface area (Å²) in [6.07, 6.45) is 1.78. The second-order valence-corrected chi connectivity index (χ2v) is 11.2. The van der Waals surface area contributed by atoms with Gasteiger partial charge in [-0.15, -0.1) is 11.3 Å². The van der Waals surface area contributed by atoms with E-state index in [0.717, 1.165) is 24.2 Å². The molecule has 3 heterocycles. The Bertz CT molecular complexity index is 1730. The highest BCUT2D eigenvalue weighted by Gasteiger charge is 2.20. The maximum absolute atomic E-state index is 13.8. The average Bonchev–Trinajstić information content (AvgIpc) is 3.48. The van der Waals surface area contributed by atoms with Crippen molar-refractivity contribution in [1.29, 1.82) is 0 Å². The molecule has 0 spiro atoms. The number of rotatable bonds is 8. The van der Waals surface area contributed by atoms with Crippen molar-refractivity contribution in [2.45, 2.75) is 46.1 Å². The fraction of sp³-hybridized carbons (Fsp3) is 0.241. The fourth-order valence-corrected chi connectivity index (χ4v) is 5.81. The summed E-state index contributed by atoms with van der Waals surface area (Å²) in [4.78, 5) is 31.9. The molecular formula is C29H27Cl2N5O2S. The standard InChI is InChI=1S/C29H27Cl2N5O2S/c1-17(9-10-20-7-5-4-6-8-20)32-26(37)15-22-16-39-29-33-19(3)27(28(38)35(22)29)25-13-18(2)36(34-25)21-11-12-23(30)24(31)14-21/h4-8,11-14,16-17H,9-10,15H2,1-3H3,(H,32,37). The van der Waals surface area contributed by atoms with Gasteiger partial charge in [-0.25, -0.2) is 9.67 Å². The van der Waals surface area contributed by atoms with Crippen LogP contribution >= 0.6 is 34.5 Å². The van der Waals surface area contributed by atoms with Gasteiger partial charge in [-0.3, -0.25) is 14.0 Å². The van der Waals surface area contributed by atoms with Crippen LogP contribution in [0.3, 0.4) is 0 Å². The van der Waals surface area contributed by atoms with E-state index in [1.165, 1.54) is 21.3 Å². The van der Waals surface area contributed by atoms with Gasteiger partial charge in [-0.1, -0.05) is 53.5 Å². The highest BCUT2D eigenvalue weighted by Crippen LogP contribution is 2.27. The molecule has 0 aliphatic carbocycles. The van der Waals surface area contributed by atoms with Crippen molar-refractivity contribution in [2.24, 2.45) is 0 Å². The minimum Gasteiger partial charge on any atom is -0.353 e. The number of hydrogen-bond acceptors (Lipinski definition) is 5. The number of amides is 1. The second kappa shape index (κ2) is 11.3. The number of benzene rings is 2. The SMILES string of the molecule is Cc1nc2scc(CC(=O)NC(C)CCc3ccccc3)n2c(=O)c1-c1cc(C)n(-c2ccc(Cl)c(Cl)c2)n1. The topological polar surface area (TPSA) is 81.3 Å². The third-order valence-electron chi connectivity index (χ3n) is 6.57. The summed E-state index contributed by atoms with van der Waals surface area (Å²) in [7, 11) is 0. The molecule has 0 saturated carbocycles. The van der Waals surface area contributed by atoms with Gasteiger partial charge in [0.05, 0.1) is 33.4 Å². The summed E-state index contributed by atoms with van der Waals surface area (Å²) in [6, 6.07) is 17.3. The first-order chi connectivity index (χ1) is 18.7. The average molecular weight is 581 g/mol. The van der Waals surface area contributed by atoms with Crippen LogP contribution in [0.15, 0.2) is 64.8 Å². The lowest BCUT2D eigenvalue weighted by Crippen LogP contribution is -2.34. The number of carbonyl (C=O) groups excluding carboxylic acids is 1. The van der Waals surface area contributed by atoms with E-state index in [1.807, 2.05) is 49.6 Å². The van der Waals surface area contributed by atoms with Gasteiger partial charge >= 0.3 is 0 Å². The molecule has 3 aromatic heterocycles. The van der Waals surface area contributed by atoms with Gasteiger partial charge in [0.15, 0.2) is 4.96 Å². The molecule has 39 heavy (non-hydrogen) atoms. The van der Waals surface area contributed by atoms with E-state index >= 15 is 0 Å². The molecule has 1 atom stereocenters. The monoisotopic (exact) mass is 579 g/mol. The number of hydrogen-bond donors (Lipinski definition) is 1. The van der Waals surface area contributed by atoms with Crippen LogP contribution in [0.4, 0.5) is 0 Å². The highest BCUT2D eigenvalue weighted by molar-refractivity contribution is 7.15. The van der Waals surface area contributed by atoms with Crippen molar-refractivity contribution in [3.63, 3.8) is 0 Å². The molecule has 200 valence electrons. The molecule has 0 radical (unpaired) electrons. The zero-order chi connectivity index (χ0) is 27.7. The van der Waals surface area contributed by atoms with Crippen LogP contribution in [0.5, 0.6) is 0 Å². The van der Waals surface area contributed by atoms with Crippen LogP contribution in [0.1, 0.15) is 36.0 Å². The maximum atomic E-state index is 13.8. The third kappa shape index (κ3) is 5.78. The van der Waals surface area contributed by atoms with E-state index in [2.05, 4.69) is 22.4 Å². The van der Waals surface area contributed by atoms with Crippen molar-refractivity contribution in [2.75, 3.05) is 0 Å². The molecule has 2 aromatic carbocycles. The summed E-state index contributed by atoms with van der Waals surface area (Å²) in [5.41, 5.74) is 4.60. The molecule has 7 nitrogen and oxygen atoms in total. The number of fused-ring (bicyclic) bond motifs is 1. The molecule has 5 rings (SSSR count). The Morgan fingerprint density at radius 3 is 2.59 bits per heavy atom. The number of halogens is 2. The van der Waals surface area contributed by atoms with Crippen LogP contribution in [0.2, 0.25) is 10.0 Å². The van der Waals surface area contributed by atoms with Crippen molar-refractivity contribution < 1.29 is 4.79 Å². The minimum absolute atomic E-state index is 0.00330. The molecular weight excluding hydrogens is 553 g/mol. The predicted molar refractivity (Wildman–Crippen MR) is 157 cm³/mol. The first kappa shape index (κ1) is 27.1. The summed E-state index contributed by atoms with van der Waals surface area (Å²) in [5, 5.41) is 10.4. The van der Waals surface area contributed by atoms with E-state index in [0.29, 0.717) is 37.7 Å². The Morgan fingerprint density at radius 1 is 1.08 bits per heavy atom. The van der Waals surface area contributed by atoms with Gasteiger partial charge in [0.2, 0.25) is 5.91 Å². The van der Waals surface area contributed by atoms with E-state index < -0.39 is 0 Å². The first-order valence-corrected chi connectivity index (χ1v) is 14.2. The Kier molecular flexibility index (Phi) is 7.88. The van der Waals surface area contributed by atoms with Crippen molar-refractivity contribution in [3.8, 4) is 16.9 Å². The van der Waals surface area contributed by atoms with E-state index in [-0.39, 0.29) is 23.9 Å². The van der Waals surface area contributed by atoms with Crippen LogP contribution in [-0.2, 0) is 17.6 Å². The summed E-state index contributed by atoms with van der Waals surface area (Å²) in [5.74, 6) is -0.135. The molecule has 0 aliphatic rings. The summed E-state index contributed by atoms with van der Waals surface area (Å²) < 4.78 is 3.23. The van der Waals surface area contributed by atoms with Gasteiger partial charge in [0, 0.05) is 22.8 Å². The molecule has 1 amide bonds. The lowest BCUT2D eigenvalue weighted by atomic mass is 10.1. The number of nitrogens with one attached hydrogen (secondary N) is 1. The second-order valence-electron chi connectivity index (χ2n) is 9.57. The highest BCUT2D eigenvalue weighted by atomic mass is 35.5. The van der Waals surface area contributed by atoms with Crippen LogP contribution < -0.4 is 10.9 Å². The third-order valence-corrected chi connectivity index (χ3v) is 8.18. The smallest absolute Gasteiger partial charge is 0.268 e. The first-order valence-electron chi connectivity index (χ1n) is 12.6. The van der Waals surface area contributed by atoms with Gasteiger partial charge in [-0.2, -0.15) is 5.10 Å². The van der Waals surface area contributed by atoms with Crippen molar-refractivity contribution >= 4 is 45.4 Å². The Hall–Kier alpha value is -3.46. The zero-order valence-electron chi connectivity index (χ0n) is 21.7. The molecule has 0 saturated heterocycles. The molecule has 1 N–H and O–H groups in total. The lowest BCUT2D eigenvalue weighted by Gasteiger charge is -2.14. The van der Waals surface area contributed by atoms with Crippen molar-refractivity contribution in [1.82, 2.24) is 24.5 Å². The van der Waals surface area contributed by atoms with Crippen molar-refractivity contribution in [3.05, 3.63) is 103 Å². The molecule has 0 aliphatic heterocycles. The van der Waals surface area contributed by atoms with Gasteiger partial charge in [0.25, 0.3) is 5.56 Å². The fourth-order valence-electron chi connectivity index (χ4n) is 4.59. The molecule has 5 aromatic rings. The van der Waals surface area contributed by atoms with Gasteiger partial charge < -0.3 is 5.32 Å². The van der Waals surface area contributed by atoms with Gasteiger partial charge in [0.1, 0.15) is 5.69 Å². The molecule has 1 unspecified atom stereocenters. The number of nitrogens with zero attached hydrogens (tertiary/aromatic N) is 4. The number of aromatic nitrogens is 4. The minimum atomic E-state index is -0.252. The van der Waals surface area contributed by atoms with Crippen LogP contribution in [0.25, 0.3) is 21.9 Å². The Morgan fingerprint density at radius 2 is 1.85 bits per heavy atom. The summed E-state index contributed by atoms with van der Waals surface area (Å²) >= 11 is 13.6. The quantitative estimate of drug-likeness (QED) is 0.237. The van der Waals surface area contributed by atoms with E-state index in [1.54, 1.807) is 23.7 Å². The summed E-state index contributed by atoms with van der Waals surface area (Å²) in [6.45, 7) is 5.69. The Labute approximate surface area is 240 Å². The molecule has 10 heteroatoms. The number of thiazole rings is 1. The number of carbonyl (C=O) groups is 1. The molecule has 0 fully saturated rings. The largest absolute Gasteiger partial charge is 0.353 e. The zero-order valence-corrected chi connectivity index (χ0v) is 24.1. The van der Waals surface area contributed by atoms with Crippen LogP contribution in [0, 0.1) is 13.8 Å². The normalized spacial score (nSPS) is 12.1. The maximum Gasteiger partial charge on any atom is 0.268 e. The van der Waals surface area contributed by atoms with E-state index in [4.69, 9.17) is 28.3 Å². The van der Waals surface area contributed by atoms with Crippen LogP contribution in [-0.4, -0.2) is 31.1 Å². The Balaban J connectivity index is 1.39. The lowest BCUT2D eigenvalue weighted by molar-refractivity contribution is -0.121. The molecule has 0 bridgehead atoms. The van der Waals surface area contributed by atoms with E-state index in [9.17, 15) is 9.59 Å².